The molecule has 0 aromatic carbocycles. The summed E-state index contributed by atoms with van der Waals surface area (Å²) >= 11 is 1.16. The van der Waals surface area contributed by atoms with Crippen LogP contribution >= 0.6 is 11.3 Å². The van der Waals surface area contributed by atoms with Gasteiger partial charge in [0, 0.05) is 18.4 Å². The molecule has 1 unspecified atom stereocenters. The quantitative estimate of drug-likeness (QED) is 0.818. The van der Waals surface area contributed by atoms with Crippen molar-refractivity contribution in [3.8, 4) is 0 Å². The van der Waals surface area contributed by atoms with Crippen LogP contribution in [-0.4, -0.2) is 41.8 Å². The number of hydrogen-bond donors (Lipinski definition) is 2. The van der Waals surface area contributed by atoms with Gasteiger partial charge >= 0.3 is 0 Å². The molecule has 1 atom stereocenters. The van der Waals surface area contributed by atoms with Crippen molar-refractivity contribution in [3.05, 3.63) is 17.3 Å². The van der Waals surface area contributed by atoms with Gasteiger partial charge in [0.25, 0.3) is 5.91 Å². The van der Waals surface area contributed by atoms with Crippen molar-refractivity contribution in [1.82, 2.24) is 15.3 Å². The average molecular weight is 312 g/mol. The van der Waals surface area contributed by atoms with Crippen molar-refractivity contribution < 1.29 is 13.2 Å². The van der Waals surface area contributed by atoms with Gasteiger partial charge in [0.1, 0.15) is 15.2 Å². The Hall–Kier alpha value is -1.74. The Morgan fingerprint density at radius 2 is 2.15 bits per heavy atom. The van der Waals surface area contributed by atoms with Crippen molar-refractivity contribution in [3.63, 3.8) is 0 Å². The number of sulfone groups is 1. The molecule has 20 heavy (non-hydrogen) atoms. The van der Waals surface area contributed by atoms with E-state index in [1.54, 1.807) is 0 Å². The Morgan fingerprint density at radius 3 is 2.80 bits per heavy atom. The number of nitrogens with two attached hydrogens (primary N) is 1. The fourth-order valence-electron chi connectivity index (χ4n) is 2.17. The highest BCUT2D eigenvalue weighted by Crippen LogP contribution is 2.30. The summed E-state index contributed by atoms with van der Waals surface area (Å²) in [6.07, 6.45) is 3.48. The molecule has 0 spiro atoms. The molecule has 1 aliphatic rings. The Kier molecular flexibility index (Phi) is 3.09. The van der Waals surface area contributed by atoms with Gasteiger partial charge in [0.15, 0.2) is 9.84 Å². The van der Waals surface area contributed by atoms with Crippen LogP contribution in [0, 0.1) is 0 Å². The van der Waals surface area contributed by atoms with E-state index >= 15 is 0 Å². The molecular formula is C11H12N4O3S2. The van der Waals surface area contributed by atoms with E-state index in [4.69, 9.17) is 5.73 Å². The van der Waals surface area contributed by atoms with Gasteiger partial charge < -0.3 is 11.1 Å². The molecule has 7 nitrogen and oxygen atoms in total. The molecule has 0 aliphatic carbocycles. The fourth-order valence-corrected chi connectivity index (χ4v) is 4.77. The summed E-state index contributed by atoms with van der Waals surface area (Å²) in [4.78, 5) is 21.3. The summed E-state index contributed by atoms with van der Waals surface area (Å²) in [6.45, 7) is 0. The number of anilines is 1. The SMILES string of the molecule is Nc1c(C(=O)NC2CCS(=O)(=O)C2)sc2nccnc12. The molecule has 0 radical (unpaired) electrons. The predicted molar refractivity (Wildman–Crippen MR) is 76.4 cm³/mol. The maximum Gasteiger partial charge on any atom is 0.263 e. The molecule has 106 valence electrons. The van der Waals surface area contributed by atoms with Crippen molar-refractivity contribution in [2.45, 2.75) is 12.5 Å². The minimum Gasteiger partial charge on any atom is -0.396 e. The number of hydrogen-bond acceptors (Lipinski definition) is 7. The van der Waals surface area contributed by atoms with Gasteiger partial charge in [-0.1, -0.05) is 0 Å². The zero-order valence-corrected chi connectivity index (χ0v) is 12.0. The minimum absolute atomic E-state index is 0.0138. The first kappa shape index (κ1) is 13.3. The maximum atomic E-state index is 12.2. The van der Waals surface area contributed by atoms with Crippen LogP contribution in [0.15, 0.2) is 12.4 Å². The molecule has 9 heteroatoms. The standard InChI is InChI=1S/C11H12N4O3S2/c12-7-8-11(14-3-2-13-8)19-9(7)10(16)15-6-1-4-20(17,18)5-6/h2-3,6H,1,4-5,12H2,(H,15,16). The van der Waals surface area contributed by atoms with Gasteiger partial charge in [0.05, 0.1) is 17.2 Å². The largest absolute Gasteiger partial charge is 0.396 e. The van der Waals surface area contributed by atoms with Crippen LogP contribution in [0.5, 0.6) is 0 Å². The normalized spacial score (nSPS) is 21.1. The Balaban J connectivity index is 1.84. The van der Waals surface area contributed by atoms with E-state index in [9.17, 15) is 13.2 Å². The zero-order valence-electron chi connectivity index (χ0n) is 10.4. The van der Waals surface area contributed by atoms with Gasteiger partial charge in [-0.2, -0.15) is 0 Å². The molecule has 1 fully saturated rings. The topological polar surface area (TPSA) is 115 Å². The summed E-state index contributed by atoms with van der Waals surface area (Å²) < 4.78 is 22.7. The maximum absolute atomic E-state index is 12.2. The molecule has 3 rings (SSSR count). The molecular weight excluding hydrogens is 300 g/mol. The zero-order chi connectivity index (χ0) is 14.3. The van der Waals surface area contributed by atoms with E-state index in [0.717, 1.165) is 11.3 Å². The van der Waals surface area contributed by atoms with Gasteiger partial charge in [-0.3, -0.25) is 4.79 Å². The van der Waals surface area contributed by atoms with Crippen molar-refractivity contribution in [2.75, 3.05) is 17.2 Å². The third-order valence-corrected chi connectivity index (χ3v) is 6.01. The molecule has 1 aliphatic heterocycles. The van der Waals surface area contributed by atoms with E-state index < -0.39 is 9.84 Å². The summed E-state index contributed by atoms with van der Waals surface area (Å²) in [5.74, 6) is -0.266. The lowest BCUT2D eigenvalue weighted by Crippen LogP contribution is -2.35. The monoisotopic (exact) mass is 312 g/mol. The average Bonchev–Trinajstić information content (AvgIpc) is 2.91. The van der Waals surface area contributed by atoms with Crippen molar-refractivity contribution >= 4 is 43.1 Å². The Bertz CT molecular complexity index is 784. The second-order valence-corrected chi connectivity index (χ2v) is 7.86. The molecule has 1 amide bonds. The van der Waals surface area contributed by atoms with E-state index in [1.165, 1.54) is 12.4 Å². The highest BCUT2D eigenvalue weighted by atomic mass is 32.2. The second kappa shape index (κ2) is 4.67. The van der Waals surface area contributed by atoms with Gasteiger partial charge in [-0.25, -0.2) is 18.4 Å². The van der Waals surface area contributed by atoms with Crippen LogP contribution in [0.25, 0.3) is 10.3 Å². The molecule has 1 saturated heterocycles. The first-order chi connectivity index (χ1) is 9.46. The molecule has 2 aromatic rings. The Morgan fingerprint density at radius 1 is 1.40 bits per heavy atom. The van der Waals surface area contributed by atoms with E-state index in [2.05, 4.69) is 15.3 Å². The van der Waals surface area contributed by atoms with Gasteiger partial charge in [-0.15, -0.1) is 11.3 Å². The number of aromatic nitrogens is 2. The summed E-state index contributed by atoms with van der Waals surface area (Å²) in [5.41, 5.74) is 6.69. The number of carbonyl (C=O) groups is 1. The van der Waals surface area contributed by atoms with Crippen molar-refractivity contribution in [2.24, 2.45) is 0 Å². The lowest BCUT2D eigenvalue weighted by atomic mass is 10.2. The summed E-state index contributed by atoms with van der Waals surface area (Å²) in [7, 11) is -3.03. The number of nitrogens with zero attached hydrogens (tertiary/aromatic N) is 2. The highest BCUT2D eigenvalue weighted by molar-refractivity contribution is 7.91. The van der Waals surface area contributed by atoms with E-state index in [0.29, 0.717) is 21.6 Å². The van der Waals surface area contributed by atoms with E-state index in [-0.39, 0.29) is 29.1 Å². The molecule has 0 saturated carbocycles. The second-order valence-electron chi connectivity index (χ2n) is 4.63. The third kappa shape index (κ3) is 2.34. The summed E-state index contributed by atoms with van der Waals surface area (Å²) in [6, 6.07) is -0.349. The number of thiophene rings is 1. The van der Waals surface area contributed by atoms with Crippen LogP contribution in [0.4, 0.5) is 5.69 Å². The number of nitrogens with one attached hydrogen (secondary N) is 1. The molecule has 3 heterocycles. The number of fused-ring (bicyclic) bond motifs is 1. The molecule has 3 N–H and O–H groups in total. The van der Waals surface area contributed by atoms with Crippen LogP contribution in [0.3, 0.4) is 0 Å². The number of carbonyl (C=O) groups excluding carboxylic acids is 1. The van der Waals surface area contributed by atoms with Gasteiger partial charge in [0.2, 0.25) is 0 Å². The van der Waals surface area contributed by atoms with Crippen LogP contribution in [-0.2, 0) is 9.84 Å². The van der Waals surface area contributed by atoms with Crippen LogP contribution < -0.4 is 11.1 Å². The lowest BCUT2D eigenvalue weighted by molar-refractivity contribution is 0.0946. The third-order valence-electron chi connectivity index (χ3n) is 3.14. The first-order valence-corrected chi connectivity index (χ1v) is 8.60. The predicted octanol–water partition coefficient (Wildman–Crippen LogP) is 0.190. The minimum atomic E-state index is -3.03. The van der Waals surface area contributed by atoms with E-state index in [1.807, 2.05) is 0 Å². The smallest absolute Gasteiger partial charge is 0.263 e. The summed E-state index contributed by atoms with van der Waals surface area (Å²) in [5, 5.41) is 2.71. The number of amides is 1. The first-order valence-electron chi connectivity index (χ1n) is 5.96. The molecule has 0 bridgehead atoms. The Labute approximate surface area is 119 Å². The number of nitrogen functional groups attached to an aromatic ring is 1. The highest BCUT2D eigenvalue weighted by Gasteiger charge is 2.30. The fraction of sp³-hybridized carbons (Fsp3) is 0.364. The molecule has 2 aromatic heterocycles. The lowest BCUT2D eigenvalue weighted by Gasteiger charge is -2.09. The van der Waals surface area contributed by atoms with Gasteiger partial charge in [-0.05, 0) is 6.42 Å². The van der Waals surface area contributed by atoms with Crippen LogP contribution in [0.2, 0.25) is 0 Å². The van der Waals surface area contributed by atoms with Crippen molar-refractivity contribution in [1.29, 1.82) is 0 Å². The van der Waals surface area contributed by atoms with Crippen LogP contribution in [0.1, 0.15) is 16.1 Å². The number of rotatable bonds is 2.